The minimum atomic E-state index is -0.938. The van der Waals surface area contributed by atoms with E-state index < -0.39 is 5.60 Å². The Hall–Kier alpha value is -0.950. The van der Waals surface area contributed by atoms with Crippen molar-refractivity contribution < 1.29 is 14.6 Å². The lowest BCUT2D eigenvalue weighted by Crippen LogP contribution is -2.62. The van der Waals surface area contributed by atoms with E-state index in [4.69, 9.17) is 4.74 Å². The minimum Gasteiger partial charge on any atom is -0.388 e. The summed E-state index contributed by atoms with van der Waals surface area (Å²) >= 11 is 1.68. The average molecular weight is 355 g/mol. The first-order valence-electron chi connectivity index (χ1n) is 8.63. The molecule has 3 atom stereocenters. The number of hydrogen-bond donors (Lipinski definition) is 2. The molecule has 3 unspecified atom stereocenters. The Morgan fingerprint density at radius 2 is 2.33 bits per heavy atom. The van der Waals surface area contributed by atoms with Crippen molar-refractivity contribution in [2.45, 2.75) is 51.3 Å². The van der Waals surface area contributed by atoms with Crippen LogP contribution in [-0.4, -0.2) is 54.4 Å². The van der Waals surface area contributed by atoms with Gasteiger partial charge in [-0.3, -0.25) is 9.69 Å². The van der Waals surface area contributed by atoms with E-state index in [0.717, 1.165) is 19.5 Å². The summed E-state index contributed by atoms with van der Waals surface area (Å²) in [6.45, 7) is 8.07. The Labute approximate surface area is 149 Å². The molecule has 6 heteroatoms. The average Bonchev–Trinajstić information content (AvgIpc) is 3.01. The van der Waals surface area contributed by atoms with Crippen molar-refractivity contribution in [3.63, 3.8) is 0 Å². The number of carbonyl (C=O) groups is 1. The molecule has 24 heavy (non-hydrogen) atoms. The number of methoxy groups -OCH3 is 1. The number of ether oxygens (including phenoxy) is 1. The predicted octanol–water partition coefficient (Wildman–Crippen LogP) is 2.42. The normalized spacial score (nSPS) is 28.2. The van der Waals surface area contributed by atoms with Gasteiger partial charge in [0.25, 0.3) is 0 Å². The van der Waals surface area contributed by atoms with Crippen molar-refractivity contribution in [1.82, 2.24) is 10.2 Å². The molecule has 2 heterocycles. The van der Waals surface area contributed by atoms with Crippen LogP contribution in [0.4, 0.5) is 0 Å². The van der Waals surface area contributed by atoms with Crippen molar-refractivity contribution in [2.75, 3.05) is 26.8 Å². The zero-order chi connectivity index (χ0) is 17.7. The third-order valence-corrected chi connectivity index (χ3v) is 5.65. The van der Waals surface area contributed by atoms with Crippen LogP contribution in [0.15, 0.2) is 17.5 Å². The van der Waals surface area contributed by atoms with E-state index in [9.17, 15) is 9.90 Å². The van der Waals surface area contributed by atoms with Gasteiger partial charge < -0.3 is 15.2 Å². The number of piperidine rings is 1. The summed E-state index contributed by atoms with van der Waals surface area (Å²) in [7, 11) is 1.50. The van der Waals surface area contributed by atoms with Gasteiger partial charge in [-0.05, 0) is 43.7 Å². The SMILES string of the molecule is COCC(=O)NC1C(c2cccs2)N(CCC(C)C)CCC1(C)O. The summed E-state index contributed by atoms with van der Waals surface area (Å²) in [5.74, 6) is 0.438. The first kappa shape index (κ1) is 19.4. The van der Waals surface area contributed by atoms with E-state index in [1.54, 1.807) is 11.3 Å². The highest BCUT2D eigenvalue weighted by molar-refractivity contribution is 7.10. The van der Waals surface area contributed by atoms with E-state index in [0.29, 0.717) is 12.3 Å². The molecule has 1 saturated heterocycles. The largest absolute Gasteiger partial charge is 0.388 e. The molecular formula is C18H30N2O3S. The van der Waals surface area contributed by atoms with Crippen LogP contribution in [0.2, 0.25) is 0 Å². The van der Waals surface area contributed by atoms with Crippen LogP contribution in [-0.2, 0) is 9.53 Å². The molecule has 136 valence electrons. The van der Waals surface area contributed by atoms with Gasteiger partial charge in [0.05, 0.1) is 17.7 Å². The van der Waals surface area contributed by atoms with E-state index >= 15 is 0 Å². The predicted molar refractivity (Wildman–Crippen MR) is 97.1 cm³/mol. The third-order valence-electron chi connectivity index (χ3n) is 4.70. The molecule has 1 aromatic heterocycles. The van der Waals surface area contributed by atoms with Crippen molar-refractivity contribution in [3.05, 3.63) is 22.4 Å². The van der Waals surface area contributed by atoms with Crippen LogP contribution in [0.5, 0.6) is 0 Å². The van der Waals surface area contributed by atoms with E-state index in [1.165, 1.54) is 12.0 Å². The smallest absolute Gasteiger partial charge is 0.246 e. The molecule has 0 aromatic carbocycles. The maximum Gasteiger partial charge on any atom is 0.246 e. The number of amides is 1. The number of hydrogen-bond acceptors (Lipinski definition) is 5. The van der Waals surface area contributed by atoms with E-state index in [2.05, 4.69) is 30.1 Å². The molecular weight excluding hydrogens is 324 g/mol. The maximum atomic E-state index is 12.1. The molecule has 1 amide bonds. The highest BCUT2D eigenvalue weighted by Gasteiger charge is 2.46. The molecule has 1 fully saturated rings. The lowest BCUT2D eigenvalue weighted by Gasteiger charge is -2.49. The van der Waals surface area contributed by atoms with Crippen LogP contribution in [0.1, 0.15) is 44.5 Å². The zero-order valence-electron chi connectivity index (χ0n) is 15.1. The molecule has 0 bridgehead atoms. The van der Waals surface area contributed by atoms with Gasteiger partial charge in [-0.25, -0.2) is 0 Å². The topological polar surface area (TPSA) is 61.8 Å². The van der Waals surface area contributed by atoms with Crippen molar-refractivity contribution in [1.29, 1.82) is 0 Å². The van der Waals surface area contributed by atoms with E-state index in [1.807, 2.05) is 18.4 Å². The number of likely N-dealkylation sites (tertiary alicyclic amines) is 1. The second-order valence-electron chi connectivity index (χ2n) is 7.26. The van der Waals surface area contributed by atoms with Gasteiger partial charge >= 0.3 is 0 Å². The fraction of sp³-hybridized carbons (Fsp3) is 0.722. The number of nitrogens with one attached hydrogen (secondary N) is 1. The molecule has 5 nitrogen and oxygen atoms in total. The molecule has 0 spiro atoms. The highest BCUT2D eigenvalue weighted by Crippen LogP contribution is 2.39. The zero-order valence-corrected chi connectivity index (χ0v) is 15.9. The van der Waals surface area contributed by atoms with Gasteiger partial charge in [0.2, 0.25) is 5.91 Å². The summed E-state index contributed by atoms with van der Waals surface area (Å²) < 4.78 is 4.94. The van der Waals surface area contributed by atoms with Crippen LogP contribution < -0.4 is 5.32 Å². The quantitative estimate of drug-likeness (QED) is 0.789. The number of carbonyl (C=O) groups excluding carboxylic acids is 1. The van der Waals surface area contributed by atoms with Crippen molar-refractivity contribution >= 4 is 17.2 Å². The number of nitrogens with zero attached hydrogens (tertiary/aromatic N) is 1. The Balaban J connectivity index is 2.26. The number of aliphatic hydroxyl groups is 1. The minimum absolute atomic E-state index is 0.00620. The van der Waals surface area contributed by atoms with Crippen LogP contribution in [0.3, 0.4) is 0 Å². The van der Waals surface area contributed by atoms with Crippen molar-refractivity contribution in [3.8, 4) is 0 Å². The summed E-state index contributed by atoms with van der Waals surface area (Å²) in [5.41, 5.74) is -0.938. The molecule has 0 aliphatic carbocycles. The maximum absolute atomic E-state index is 12.1. The monoisotopic (exact) mass is 354 g/mol. The summed E-state index contributed by atoms with van der Waals surface area (Å²) in [6, 6.07) is 3.76. The van der Waals surface area contributed by atoms with Crippen LogP contribution in [0.25, 0.3) is 0 Å². The van der Waals surface area contributed by atoms with Gasteiger partial charge in [-0.1, -0.05) is 19.9 Å². The molecule has 0 radical (unpaired) electrons. The number of rotatable bonds is 7. The lowest BCUT2D eigenvalue weighted by atomic mass is 9.81. The van der Waals surface area contributed by atoms with Crippen LogP contribution >= 0.6 is 11.3 Å². The van der Waals surface area contributed by atoms with Crippen molar-refractivity contribution in [2.24, 2.45) is 5.92 Å². The Morgan fingerprint density at radius 3 is 2.92 bits per heavy atom. The highest BCUT2D eigenvalue weighted by atomic mass is 32.1. The standard InChI is InChI=1S/C18H30N2O3S/c1-13(2)7-9-20-10-8-18(3,22)17(19-15(21)12-23-4)16(20)14-6-5-11-24-14/h5-6,11,13,16-17,22H,7-10,12H2,1-4H3,(H,19,21). The van der Waals surface area contributed by atoms with Gasteiger partial charge in [-0.15, -0.1) is 11.3 Å². The Morgan fingerprint density at radius 1 is 1.58 bits per heavy atom. The summed E-state index contributed by atoms with van der Waals surface area (Å²) in [5, 5.41) is 16.0. The molecule has 2 rings (SSSR count). The first-order valence-corrected chi connectivity index (χ1v) is 9.51. The van der Waals surface area contributed by atoms with E-state index in [-0.39, 0.29) is 24.6 Å². The van der Waals surface area contributed by atoms with Gasteiger partial charge in [0.1, 0.15) is 6.61 Å². The van der Waals surface area contributed by atoms with Gasteiger partial charge in [0.15, 0.2) is 0 Å². The summed E-state index contributed by atoms with van der Waals surface area (Å²) in [4.78, 5) is 15.7. The first-order chi connectivity index (χ1) is 11.3. The summed E-state index contributed by atoms with van der Waals surface area (Å²) in [6.07, 6.45) is 1.74. The number of thiophene rings is 1. The Kier molecular flexibility index (Phi) is 6.80. The third kappa shape index (κ3) is 4.79. The molecule has 0 saturated carbocycles. The van der Waals surface area contributed by atoms with Gasteiger partial charge in [0, 0.05) is 18.5 Å². The Bertz CT molecular complexity index is 514. The fourth-order valence-electron chi connectivity index (χ4n) is 3.27. The lowest BCUT2D eigenvalue weighted by molar-refractivity contribution is -0.132. The molecule has 1 aliphatic heterocycles. The van der Waals surface area contributed by atoms with Gasteiger partial charge in [-0.2, -0.15) is 0 Å². The molecule has 2 N–H and O–H groups in total. The fourth-order valence-corrected chi connectivity index (χ4v) is 4.17. The molecule has 1 aromatic rings. The molecule has 1 aliphatic rings. The van der Waals surface area contributed by atoms with Crippen LogP contribution in [0, 0.1) is 5.92 Å². The second kappa shape index (κ2) is 8.43. The second-order valence-corrected chi connectivity index (χ2v) is 8.24.